The Hall–Kier alpha value is -3.35. The van der Waals surface area contributed by atoms with Crippen LogP contribution in [0.2, 0.25) is 0 Å². The van der Waals surface area contributed by atoms with Crippen LogP contribution in [0.3, 0.4) is 0 Å². The van der Waals surface area contributed by atoms with Crippen molar-refractivity contribution in [1.82, 2.24) is 9.80 Å². The van der Waals surface area contributed by atoms with Gasteiger partial charge >= 0.3 is 0 Å². The largest absolute Gasteiger partial charge is 0.482 e. The standard InChI is InChI=1S/C22H23N3O4/c1-16(26)23-10-12-24(13-11-23)22(28)18-8-6-17(7-9-18)14-25-19-4-2-3-5-20(19)29-15-21(25)27/h2-9H,10-15H2,1H3. The molecule has 1 fully saturated rings. The lowest BCUT2D eigenvalue weighted by molar-refractivity contribution is -0.130. The van der Waals surface area contributed by atoms with Gasteiger partial charge in [0.2, 0.25) is 5.91 Å². The van der Waals surface area contributed by atoms with Gasteiger partial charge in [-0.3, -0.25) is 14.4 Å². The average molecular weight is 393 g/mol. The summed E-state index contributed by atoms with van der Waals surface area (Å²) in [4.78, 5) is 41.7. The zero-order valence-corrected chi connectivity index (χ0v) is 16.3. The number of ether oxygens (including phenoxy) is 1. The fraction of sp³-hybridized carbons (Fsp3) is 0.318. The Bertz CT molecular complexity index is 933. The van der Waals surface area contributed by atoms with Crippen LogP contribution in [0, 0.1) is 0 Å². The van der Waals surface area contributed by atoms with Gasteiger partial charge in [0, 0.05) is 38.7 Å². The maximum absolute atomic E-state index is 12.7. The summed E-state index contributed by atoms with van der Waals surface area (Å²) >= 11 is 0. The van der Waals surface area contributed by atoms with E-state index >= 15 is 0 Å². The number of fused-ring (bicyclic) bond motifs is 1. The third kappa shape index (κ3) is 3.94. The monoisotopic (exact) mass is 393 g/mol. The summed E-state index contributed by atoms with van der Waals surface area (Å²) in [6, 6.07) is 14.8. The van der Waals surface area contributed by atoms with Crippen LogP contribution in [0.4, 0.5) is 5.69 Å². The molecule has 1 saturated heterocycles. The molecule has 2 heterocycles. The van der Waals surface area contributed by atoms with Crippen molar-refractivity contribution in [2.45, 2.75) is 13.5 Å². The van der Waals surface area contributed by atoms with E-state index < -0.39 is 0 Å². The molecule has 2 aliphatic rings. The van der Waals surface area contributed by atoms with Gasteiger partial charge in [-0.25, -0.2) is 0 Å². The van der Waals surface area contributed by atoms with E-state index in [9.17, 15) is 14.4 Å². The number of anilines is 1. The average Bonchev–Trinajstić information content (AvgIpc) is 2.76. The summed E-state index contributed by atoms with van der Waals surface area (Å²) in [6.45, 7) is 4.21. The summed E-state index contributed by atoms with van der Waals surface area (Å²) in [7, 11) is 0. The maximum Gasteiger partial charge on any atom is 0.265 e. The van der Waals surface area contributed by atoms with Gasteiger partial charge in [-0.2, -0.15) is 0 Å². The van der Waals surface area contributed by atoms with Crippen molar-refractivity contribution in [3.63, 3.8) is 0 Å². The van der Waals surface area contributed by atoms with Gasteiger partial charge in [-0.05, 0) is 29.8 Å². The number of nitrogens with zero attached hydrogens (tertiary/aromatic N) is 3. The molecule has 0 saturated carbocycles. The number of piperazine rings is 1. The molecule has 0 spiro atoms. The highest BCUT2D eigenvalue weighted by Crippen LogP contribution is 2.32. The first-order valence-electron chi connectivity index (χ1n) is 9.69. The summed E-state index contributed by atoms with van der Waals surface area (Å²) in [5, 5.41) is 0. The van der Waals surface area contributed by atoms with Gasteiger partial charge in [-0.15, -0.1) is 0 Å². The molecule has 0 bridgehead atoms. The second kappa shape index (κ2) is 7.95. The lowest BCUT2D eigenvalue weighted by Gasteiger charge is -2.34. The summed E-state index contributed by atoms with van der Waals surface area (Å²) in [6.07, 6.45) is 0. The van der Waals surface area contributed by atoms with E-state index in [1.807, 2.05) is 36.4 Å². The number of amides is 3. The van der Waals surface area contributed by atoms with Crippen LogP contribution in [0.25, 0.3) is 0 Å². The minimum atomic E-state index is -0.0906. The fourth-order valence-electron chi connectivity index (χ4n) is 3.67. The summed E-state index contributed by atoms with van der Waals surface area (Å²) in [5.41, 5.74) is 2.30. The van der Waals surface area contributed by atoms with Crippen LogP contribution in [-0.4, -0.2) is 60.3 Å². The quantitative estimate of drug-likeness (QED) is 0.799. The molecule has 7 heteroatoms. The van der Waals surface area contributed by atoms with E-state index in [0.717, 1.165) is 11.3 Å². The normalized spacial score (nSPS) is 16.3. The van der Waals surface area contributed by atoms with Gasteiger partial charge in [0.15, 0.2) is 6.61 Å². The minimum Gasteiger partial charge on any atom is -0.482 e. The van der Waals surface area contributed by atoms with Gasteiger partial charge in [-0.1, -0.05) is 24.3 Å². The molecular formula is C22H23N3O4. The molecule has 150 valence electrons. The number of hydrogen-bond acceptors (Lipinski definition) is 4. The van der Waals surface area contributed by atoms with Crippen molar-refractivity contribution >= 4 is 23.4 Å². The first kappa shape index (κ1) is 19.0. The van der Waals surface area contributed by atoms with Gasteiger partial charge in [0.25, 0.3) is 11.8 Å². The molecule has 3 amide bonds. The van der Waals surface area contributed by atoms with E-state index in [0.29, 0.717) is 44.0 Å². The fourth-order valence-corrected chi connectivity index (χ4v) is 3.67. The molecule has 4 rings (SSSR count). The number of rotatable bonds is 3. The van der Waals surface area contributed by atoms with E-state index in [1.165, 1.54) is 0 Å². The van der Waals surface area contributed by atoms with Crippen LogP contribution in [0.15, 0.2) is 48.5 Å². The van der Waals surface area contributed by atoms with Crippen molar-refractivity contribution in [2.24, 2.45) is 0 Å². The Balaban J connectivity index is 1.43. The highest BCUT2D eigenvalue weighted by molar-refractivity contribution is 5.98. The Morgan fingerprint density at radius 3 is 2.28 bits per heavy atom. The summed E-state index contributed by atoms with van der Waals surface area (Å²) < 4.78 is 5.48. The Labute approximate surface area is 169 Å². The first-order chi connectivity index (χ1) is 14.0. The lowest BCUT2D eigenvalue weighted by Crippen LogP contribution is -2.50. The molecule has 2 aliphatic heterocycles. The predicted octanol–water partition coefficient (Wildman–Crippen LogP) is 1.92. The SMILES string of the molecule is CC(=O)N1CCN(C(=O)c2ccc(CN3C(=O)COc4ccccc43)cc2)CC1. The smallest absolute Gasteiger partial charge is 0.265 e. The number of para-hydroxylation sites is 2. The predicted molar refractivity (Wildman–Crippen MR) is 108 cm³/mol. The van der Waals surface area contributed by atoms with Crippen molar-refractivity contribution < 1.29 is 19.1 Å². The molecule has 0 N–H and O–H groups in total. The maximum atomic E-state index is 12.7. The van der Waals surface area contributed by atoms with E-state index in [4.69, 9.17) is 4.74 Å². The van der Waals surface area contributed by atoms with Gasteiger partial charge in [0.1, 0.15) is 5.75 Å². The minimum absolute atomic E-state index is 0.0276. The molecule has 0 unspecified atom stereocenters. The lowest BCUT2D eigenvalue weighted by atomic mass is 10.1. The van der Waals surface area contributed by atoms with Gasteiger partial charge in [0.05, 0.1) is 12.2 Å². The molecular weight excluding hydrogens is 370 g/mol. The first-order valence-corrected chi connectivity index (χ1v) is 9.69. The molecule has 0 aliphatic carbocycles. The third-order valence-electron chi connectivity index (χ3n) is 5.36. The van der Waals surface area contributed by atoms with Crippen LogP contribution in [0.1, 0.15) is 22.8 Å². The molecule has 2 aromatic rings. The van der Waals surface area contributed by atoms with E-state index in [-0.39, 0.29) is 24.3 Å². The molecule has 0 radical (unpaired) electrons. The number of hydrogen-bond donors (Lipinski definition) is 0. The van der Waals surface area contributed by atoms with Crippen LogP contribution >= 0.6 is 0 Å². The van der Waals surface area contributed by atoms with Crippen molar-refractivity contribution in [1.29, 1.82) is 0 Å². The van der Waals surface area contributed by atoms with Crippen LogP contribution in [-0.2, 0) is 16.1 Å². The molecule has 0 aromatic heterocycles. The molecule has 29 heavy (non-hydrogen) atoms. The zero-order valence-electron chi connectivity index (χ0n) is 16.3. The Morgan fingerprint density at radius 2 is 1.59 bits per heavy atom. The Kier molecular flexibility index (Phi) is 5.20. The number of carbonyl (C=O) groups is 3. The second-order valence-corrected chi connectivity index (χ2v) is 7.23. The molecule has 7 nitrogen and oxygen atoms in total. The molecule has 0 atom stereocenters. The van der Waals surface area contributed by atoms with Crippen molar-refractivity contribution in [3.05, 3.63) is 59.7 Å². The third-order valence-corrected chi connectivity index (χ3v) is 5.36. The van der Waals surface area contributed by atoms with Gasteiger partial charge < -0.3 is 19.4 Å². The van der Waals surface area contributed by atoms with E-state index in [1.54, 1.807) is 33.8 Å². The molecule has 2 aromatic carbocycles. The zero-order chi connectivity index (χ0) is 20.4. The van der Waals surface area contributed by atoms with Crippen molar-refractivity contribution in [3.8, 4) is 5.75 Å². The van der Waals surface area contributed by atoms with Crippen LogP contribution < -0.4 is 9.64 Å². The van der Waals surface area contributed by atoms with E-state index in [2.05, 4.69) is 0 Å². The second-order valence-electron chi connectivity index (χ2n) is 7.23. The highest BCUT2D eigenvalue weighted by Gasteiger charge is 2.26. The number of carbonyl (C=O) groups excluding carboxylic acids is 3. The number of benzene rings is 2. The summed E-state index contributed by atoms with van der Waals surface area (Å²) in [5.74, 6) is 0.615. The van der Waals surface area contributed by atoms with Crippen molar-refractivity contribution in [2.75, 3.05) is 37.7 Å². The van der Waals surface area contributed by atoms with Crippen LogP contribution in [0.5, 0.6) is 5.75 Å². The topological polar surface area (TPSA) is 70.2 Å². The highest BCUT2D eigenvalue weighted by atomic mass is 16.5. The Morgan fingerprint density at radius 1 is 0.931 bits per heavy atom.